The third kappa shape index (κ3) is 2.22. The number of nitrogens with zero attached hydrogens (tertiary/aromatic N) is 2. The van der Waals surface area contributed by atoms with Crippen LogP contribution < -0.4 is 0 Å². The molecule has 0 spiro atoms. The molecule has 2 aromatic rings. The fourth-order valence-electron chi connectivity index (χ4n) is 1.73. The highest BCUT2D eigenvalue weighted by Gasteiger charge is 2.27. The van der Waals surface area contributed by atoms with Crippen LogP contribution in [0.15, 0.2) is 36.7 Å². The van der Waals surface area contributed by atoms with Crippen molar-refractivity contribution in [1.82, 2.24) is 9.78 Å². The van der Waals surface area contributed by atoms with Crippen molar-refractivity contribution in [2.75, 3.05) is 0 Å². The lowest BCUT2D eigenvalue weighted by molar-refractivity contribution is 0.102. The Bertz CT molecular complexity index is 502. The van der Waals surface area contributed by atoms with E-state index in [9.17, 15) is 9.50 Å². The van der Waals surface area contributed by atoms with Crippen molar-refractivity contribution in [2.45, 2.75) is 26.0 Å². The highest BCUT2D eigenvalue weighted by Crippen LogP contribution is 2.28. The van der Waals surface area contributed by atoms with Crippen molar-refractivity contribution in [3.8, 4) is 0 Å². The molecule has 0 saturated heterocycles. The molecule has 2 rings (SSSR count). The minimum absolute atomic E-state index is 0.311. The van der Waals surface area contributed by atoms with E-state index in [2.05, 4.69) is 5.10 Å². The summed E-state index contributed by atoms with van der Waals surface area (Å²) in [5.74, 6) is -0.311. The number of hydrogen-bond donors (Lipinski definition) is 1. The Morgan fingerprint density at radius 3 is 2.47 bits per heavy atom. The zero-order chi connectivity index (χ0) is 12.5. The first kappa shape index (κ1) is 11.8. The molecule has 0 saturated carbocycles. The largest absolute Gasteiger partial charge is 0.381 e. The lowest BCUT2D eigenvalue weighted by atomic mass is 9.90. The summed E-state index contributed by atoms with van der Waals surface area (Å²) in [5, 5.41) is 14.6. The predicted octanol–water partition coefficient (Wildman–Crippen LogP) is 2.30. The number of aromatic nitrogens is 2. The smallest absolute Gasteiger partial charge is 0.123 e. The fourth-order valence-corrected chi connectivity index (χ4v) is 1.73. The molecule has 1 atom stereocenters. The molecule has 0 fully saturated rings. The Kier molecular flexibility index (Phi) is 2.98. The minimum atomic E-state index is -1.15. The molecule has 1 aromatic carbocycles. The van der Waals surface area contributed by atoms with E-state index >= 15 is 0 Å². The highest BCUT2D eigenvalue weighted by atomic mass is 19.1. The van der Waals surface area contributed by atoms with E-state index < -0.39 is 5.60 Å². The summed E-state index contributed by atoms with van der Waals surface area (Å²) in [6.45, 7) is 4.40. The molecular formula is C13H15FN2O. The van der Waals surface area contributed by atoms with Gasteiger partial charge in [-0.3, -0.25) is 4.68 Å². The number of benzene rings is 1. The van der Waals surface area contributed by atoms with Gasteiger partial charge in [0.1, 0.15) is 11.4 Å². The van der Waals surface area contributed by atoms with Gasteiger partial charge in [-0.2, -0.15) is 5.10 Å². The summed E-state index contributed by atoms with van der Waals surface area (Å²) >= 11 is 0. The molecule has 0 aliphatic heterocycles. The molecule has 0 amide bonds. The van der Waals surface area contributed by atoms with Gasteiger partial charge in [0.2, 0.25) is 0 Å². The van der Waals surface area contributed by atoms with Crippen LogP contribution in [0.1, 0.15) is 25.0 Å². The van der Waals surface area contributed by atoms with Gasteiger partial charge in [0.15, 0.2) is 0 Å². The molecule has 1 unspecified atom stereocenters. The third-order valence-corrected chi connectivity index (χ3v) is 2.93. The monoisotopic (exact) mass is 234 g/mol. The Morgan fingerprint density at radius 1 is 1.29 bits per heavy atom. The summed E-state index contributed by atoms with van der Waals surface area (Å²) in [6, 6.07) is 5.85. The Hall–Kier alpha value is -1.68. The standard InChI is InChI=1S/C13H15FN2O/c1-3-16-9-11(8-15-16)13(2,17)10-4-6-12(14)7-5-10/h4-9,17H,3H2,1-2H3. The summed E-state index contributed by atoms with van der Waals surface area (Å²) in [5.41, 5.74) is 0.196. The quantitative estimate of drug-likeness (QED) is 0.884. The van der Waals surface area contributed by atoms with E-state index in [0.717, 1.165) is 6.54 Å². The van der Waals surface area contributed by atoms with Crippen LogP contribution in [0.5, 0.6) is 0 Å². The molecule has 0 bridgehead atoms. The number of aliphatic hydroxyl groups is 1. The average Bonchev–Trinajstić information content (AvgIpc) is 2.78. The van der Waals surface area contributed by atoms with Crippen molar-refractivity contribution in [1.29, 1.82) is 0 Å². The first-order valence-electron chi connectivity index (χ1n) is 5.55. The molecule has 1 N–H and O–H groups in total. The maximum Gasteiger partial charge on any atom is 0.123 e. The van der Waals surface area contributed by atoms with Crippen LogP contribution in [0.3, 0.4) is 0 Å². The summed E-state index contributed by atoms with van der Waals surface area (Å²) < 4.78 is 14.6. The van der Waals surface area contributed by atoms with Gasteiger partial charge in [-0.1, -0.05) is 12.1 Å². The van der Waals surface area contributed by atoms with E-state index in [4.69, 9.17) is 0 Å². The molecule has 4 heteroatoms. The Morgan fingerprint density at radius 2 is 1.94 bits per heavy atom. The SMILES string of the molecule is CCn1cc(C(C)(O)c2ccc(F)cc2)cn1. The predicted molar refractivity (Wildman–Crippen MR) is 63.0 cm³/mol. The van der Waals surface area contributed by atoms with Gasteiger partial charge in [0, 0.05) is 18.3 Å². The van der Waals surface area contributed by atoms with Gasteiger partial charge in [-0.15, -0.1) is 0 Å². The molecular weight excluding hydrogens is 219 g/mol. The maximum atomic E-state index is 12.8. The topological polar surface area (TPSA) is 38.0 Å². The number of hydrogen-bond acceptors (Lipinski definition) is 2. The van der Waals surface area contributed by atoms with Crippen molar-refractivity contribution in [2.24, 2.45) is 0 Å². The van der Waals surface area contributed by atoms with Gasteiger partial charge < -0.3 is 5.11 Å². The van der Waals surface area contributed by atoms with Crippen molar-refractivity contribution in [3.05, 3.63) is 53.6 Å². The number of rotatable bonds is 3. The second kappa shape index (κ2) is 4.30. The van der Waals surface area contributed by atoms with Crippen LogP contribution in [0.2, 0.25) is 0 Å². The van der Waals surface area contributed by atoms with Crippen LogP contribution in [0.4, 0.5) is 4.39 Å². The van der Waals surface area contributed by atoms with Gasteiger partial charge in [-0.25, -0.2) is 4.39 Å². The second-order valence-electron chi connectivity index (χ2n) is 4.16. The molecule has 1 heterocycles. The number of aryl methyl sites for hydroxylation is 1. The third-order valence-electron chi connectivity index (χ3n) is 2.93. The van der Waals surface area contributed by atoms with Gasteiger partial charge in [0.25, 0.3) is 0 Å². The van der Waals surface area contributed by atoms with Crippen molar-refractivity contribution >= 4 is 0 Å². The minimum Gasteiger partial charge on any atom is -0.381 e. The van der Waals surface area contributed by atoms with Crippen LogP contribution in [0.25, 0.3) is 0 Å². The molecule has 0 radical (unpaired) electrons. The Labute approximate surface area is 99.5 Å². The van der Waals surface area contributed by atoms with E-state index in [1.165, 1.54) is 12.1 Å². The zero-order valence-electron chi connectivity index (χ0n) is 9.89. The van der Waals surface area contributed by atoms with E-state index in [1.54, 1.807) is 36.1 Å². The normalized spacial score (nSPS) is 14.6. The highest BCUT2D eigenvalue weighted by molar-refractivity contribution is 5.32. The van der Waals surface area contributed by atoms with Crippen molar-refractivity contribution in [3.63, 3.8) is 0 Å². The molecule has 3 nitrogen and oxygen atoms in total. The molecule has 0 aliphatic rings. The summed E-state index contributed by atoms with van der Waals surface area (Å²) in [4.78, 5) is 0. The fraction of sp³-hybridized carbons (Fsp3) is 0.308. The van der Waals surface area contributed by atoms with Gasteiger partial charge >= 0.3 is 0 Å². The lowest BCUT2D eigenvalue weighted by Gasteiger charge is -2.22. The van der Waals surface area contributed by atoms with Gasteiger partial charge in [-0.05, 0) is 31.5 Å². The molecule has 17 heavy (non-hydrogen) atoms. The first-order valence-corrected chi connectivity index (χ1v) is 5.55. The first-order chi connectivity index (χ1) is 8.04. The summed E-state index contributed by atoms with van der Waals surface area (Å²) in [6.07, 6.45) is 3.43. The van der Waals surface area contributed by atoms with Crippen LogP contribution in [-0.2, 0) is 12.1 Å². The molecule has 90 valence electrons. The van der Waals surface area contributed by atoms with Crippen LogP contribution in [0, 0.1) is 5.82 Å². The Balaban J connectivity index is 2.37. The maximum absolute atomic E-state index is 12.8. The van der Waals surface area contributed by atoms with Gasteiger partial charge in [0.05, 0.1) is 6.20 Å². The zero-order valence-corrected chi connectivity index (χ0v) is 9.89. The number of halogens is 1. The van der Waals surface area contributed by atoms with E-state index in [0.29, 0.717) is 11.1 Å². The van der Waals surface area contributed by atoms with E-state index in [-0.39, 0.29) is 5.82 Å². The molecule has 0 aliphatic carbocycles. The van der Waals surface area contributed by atoms with E-state index in [1.807, 2.05) is 6.92 Å². The molecule has 1 aromatic heterocycles. The average molecular weight is 234 g/mol. The second-order valence-corrected chi connectivity index (χ2v) is 4.16. The van der Waals surface area contributed by atoms with Crippen LogP contribution in [-0.4, -0.2) is 14.9 Å². The lowest BCUT2D eigenvalue weighted by Crippen LogP contribution is -2.22. The van der Waals surface area contributed by atoms with Crippen molar-refractivity contribution < 1.29 is 9.50 Å². The van der Waals surface area contributed by atoms with Crippen LogP contribution >= 0.6 is 0 Å². The summed E-state index contributed by atoms with van der Waals surface area (Å²) in [7, 11) is 0.